The molecule has 0 aliphatic heterocycles. The zero-order chi connectivity index (χ0) is 27.0. The van der Waals surface area contributed by atoms with Gasteiger partial charge in [0, 0.05) is 52.5 Å². The standard InChI is InChI=1S/C31H28ClNO5/c1-33-25-16-10-8-14-21(25)27-22(20-13-7-9-15-24(20)32)18-31(29(35)37-2,30(36)38-3)23(28(27)33)17-26(34)19-11-5-4-6-12-19/h4-16,22-23H,17-18H2,1-3H3. The van der Waals surface area contributed by atoms with E-state index in [4.69, 9.17) is 21.1 Å². The van der Waals surface area contributed by atoms with Gasteiger partial charge in [0.2, 0.25) is 0 Å². The topological polar surface area (TPSA) is 74.6 Å². The molecule has 0 radical (unpaired) electrons. The maximum atomic E-state index is 13.7. The summed E-state index contributed by atoms with van der Waals surface area (Å²) in [5, 5.41) is 1.51. The predicted molar refractivity (Wildman–Crippen MR) is 145 cm³/mol. The summed E-state index contributed by atoms with van der Waals surface area (Å²) in [7, 11) is 4.41. The van der Waals surface area contributed by atoms with Crippen LogP contribution in [0.5, 0.6) is 0 Å². The molecule has 194 valence electrons. The summed E-state index contributed by atoms with van der Waals surface area (Å²) in [4.78, 5) is 41.1. The van der Waals surface area contributed by atoms with E-state index < -0.39 is 29.2 Å². The van der Waals surface area contributed by atoms with E-state index in [1.807, 2.05) is 60.1 Å². The minimum Gasteiger partial charge on any atom is -0.468 e. The van der Waals surface area contributed by atoms with Crippen LogP contribution >= 0.6 is 11.6 Å². The lowest BCUT2D eigenvalue weighted by molar-refractivity contribution is -0.173. The lowest BCUT2D eigenvalue weighted by atomic mass is 9.59. The lowest BCUT2D eigenvalue weighted by Crippen LogP contribution is -2.50. The SMILES string of the molecule is COC(=O)C1(C(=O)OC)CC(c2ccccc2Cl)c2c(n(C)c3ccccc23)C1CC(=O)c1ccccc1. The van der Waals surface area contributed by atoms with Crippen molar-refractivity contribution in [1.29, 1.82) is 0 Å². The molecule has 1 heterocycles. The third kappa shape index (κ3) is 3.91. The van der Waals surface area contributed by atoms with Gasteiger partial charge in [-0.1, -0.05) is 78.3 Å². The van der Waals surface area contributed by atoms with Crippen LogP contribution in [0.1, 0.15) is 51.9 Å². The van der Waals surface area contributed by atoms with Gasteiger partial charge < -0.3 is 14.0 Å². The zero-order valence-corrected chi connectivity index (χ0v) is 22.2. The second kappa shape index (κ2) is 10.1. The minimum absolute atomic E-state index is 0.0455. The molecule has 0 saturated carbocycles. The van der Waals surface area contributed by atoms with E-state index >= 15 is 0 Å². The number of carbonyl (C=O) groups is 3. The summed E-state index contributed by atoms with van der Waals surface area (Å²) in [6.07, 6.45) is -0.0373. The van der Waals surface area contributed by atoms with Gasteiger partial charge in [0.1, 0.15) is 0 Å². The Bertz CT molecular complexity index is 1520. The first-order chi connectivity index (χ1) is 18.3. The molecule has 0 amide bonds. The molecule has 7 heteroatoms. The van der Waals surface area contributed by atoms with Crippen molar-refractivity contribution in [2.24, 2.45) is 12.5 Å². The van der Waals surface area contributed by atoms with Crippen molar-refractivity contribution < 1.29 is 23.9 Å². The monoisotopic (exact) mass is 529 g/mol. The summed E-state index contributed by atoms with van der Waals surface area (Å²) in [6, 6.07) is 24.2. The number of carbonyl (C=O) groups excluding carboxylic acids is 3. The number of nitrogens with zero attached hydrogens (tertiary/aromatic N) is 1. The third-order valence-electron chi connectivity index (χ3n) is 7.86. The van der Waals surface area contributed by atoms with Crippen molar-refractivity contribution in [3.8, 4) is 0 Å². The summed E-state index contributed by atoms with van der Waals surface area (Å²) in [5.41, 5.74) is 2.12. The molecule has 0 spiro atoms. The average molecular weight is 530 g/mol. The number of hydrogen-bond acceptors (Lipinski definition) is 5. The molecule has 5 rings (SSSR count). The van der Waals surface area contributed by atoms with E-state index in [1.165, 1.54) is 14.2 Å². The first-order valence-electron chi connectivity index (χ1n) is 12.4. The number of hydrogen-bond donors (Lipinski definition) is 0. The normalized spacial score (nSPS) is 18.0. The molecule has 38 heavy (non-hydrogen) atoms. The van der Waals surface area contributed by atoms with E-state index in [9.17, 15) is 14.4 Å². The number of methoxy groups -OCH3 is 2. The first-order valence-corrected chi connectivity index (χ1v) is 12.8. The van der Waals surface area contributed by atoms with Crippen molar-refractivity contribution in [1.82, 2.24) is 4.57 Å². The van der Waals surface area contributed by atoms with Crippen LogP contribution < -0.4 is 0 Å². The van der Waals surface area contributed by atoms with Gasteiger partial charge in [0.25, 0.3) is 0 Å². The Morgan fingerprint density at radius 2 is 1.50 bits per heavy atom. The maximum absolute atomic E-state index is 13.7. The minimum atomic E-state index is -1.77. The molecule has 1 aliphatic carbocycles. The van der Waals surface area contributed by atoms with E-state index in [0.717, 1.165) is 27.7 Å². The number of ketones is 1. The van der Waals surface area contributed by atoms with Crippen molar-refractivity contribution in [2.75, 3.05) is 14.2 Å². The molecule has 0 bridgehead atoms. The van der Waals surface area contributed by atoms with Crippen LogP contribution in [-0.4, -0.2) is 36.5 Å². The Labute approximate surface area is 226 Å². The molecule has 6 nitrogen and oxygen atoms in total. The molecule has 1 aromatic heterocycles. The Balaban J connectivity index is 1.85. The Morgan fingerprint density at radius 3 is 2.16 bits per heavy atom. The highest BCUT2D eigenvalue weighted by molar-refractivity contribution is 6.31. The van der Waals surface area contributed by atoms with Crippen LogP contribution in [0, 0.1) is 5.41 Å². The van der Waals surface area contributed by atoms with Gasteiger partial charge in [-0.05, 0) is 29.7 Å². The number of para-hydroxylation sites is 1. The molecular weight excluding hydrogens is 502 g/mol. The van der Waals surface area contributed by atoms with Gasteiger partial charge >= 0.3 is 11.9 Å². The highest BCUT2D eigenvalue weighted by atomic mass is 35.5. The van der Waals surface area contributed by atoms with Gasteiger partial charge in [-0.3, -0.25) is 14.4 Å². The summed E-state index contributed by atoms with van der Waals surface area (Å²) in [6.45, 7) is 0. The van der Waals surface area contributed by atoms with Gasteiger partial charge in [-0.2, -0.15) is 0 Å². The second-order valence-electron chi connectivity index (χ2n) is 9.65. The van der Waals surface area contributed by atoms with Crippen LogP contribution in [-0.2, 0) is 26.1 Å². The Hall–Kier alpha value is -3.90. The van der Waals surface area contributed by atoms with E-state index in [2.05, 4.69) is 0 Å². The predicted octanol–water partition coefficient (Wildman–Crippen LogP) is 6.06. The fourth-order valence-electron chi connectivity index (χ4n) is 6.15. The average Bonchev–Trinajstić information content (AvgIpc) is 3.25. The molecule has 0 saturated heterocycles. The molecule has 3 aromatic carbocycles. The van der Waals surface area contributed by atoms with Crippen LogP contribution in [0.25, 0.3) is 10.9 Å². The van der Waals surface area contributed by atoms with Gasteiger partial charge in [-0.15, -0.1) is 0 Å². The van der Waals surface area contributed by atoms with Crippen molar-refractivity contribution in [2.45, 2.75) is 24.7 Å². The third-order valence-corrected chi connectivity index (χ3v) is 8.20. The fourth-order valence-corrected chi connectivity index (χ4v) is 6.42. The van der Waals surface area contributed by atoms with Crippen LogP contribution in [0.3, 0.4) is 0 Å². The number of ether oxygens (including phenoxy) is 2. The Kier molecular flexibility index (Phi) is 6.84. The molecule has 2 unspecified atom stereocenters. The quantitative estimate of drug-likeness (QED) is 0.172. The fraction of sp³-hybridized carbons (Fsp3) is 0.258. The van der Waals surface area contributed by atoms with Crippen molar-refractivity contribution >= 4 is 40.2 Å². The summed E-state index contributed by atoms with van der Waals surface area (Å²) < 4.78 is 12.6. The second-order valence-corrected chi connectivity index (χ2v) is 10.1. The number of Topliss-reactive ketones (excluding diaryl/α,β-unsaturated/α-hetero) is 1. The highest BCUT2D eigenvalue weighted by Crippen LogP contribution is 2.58. The molecule has 0 N–H and O–H groups in total. The number of esters is 2. The number of aryl methyl sites for hydroxylation is 1. The van der Waals surface area contributed by atoms with Crippen molar-refractivity contribution in [3.63, 3.8) is 0 Å². The summed E-state index contributed by atoms with van der Waals surface area (Å²) in [5.74, 6) is -2.90. The zero-order valence-electron chi connectivity index (χ0n) is 21.4. The number of fused-ring (bicyclic) bond motifs is 3. The largest absolute Gasteiger partial charge is 0.468 e. The number of aromatic nitrogens is 1. The Morgan fingerprint density at radius 1 is 0.895 bits per heavy atom. The first kappa shape index (κ1) is 25.7. The van der Waals surface area contributed by atoms with Crippen LogP contribution in [0.15, 0.2) is 78.9 Å². The van der Waals surface area contributed by atoms with Crippen LogP contribution in [0.2, 0.25) is 5.02 Å². The van der Waals surface area contributed by atoms with Gasteiger partial charge in [0.05, 0.1) is 14.2 Å². The van der Waals surface area contributed by atoms with Gasteiger partial charge in [-0.25, -0.2) is 0 Å². The molecule has 2 atom stereocenters. The van der Waals surface area contributed by atoms with E-state index in [1.54, 1.807) is 30.3 Å². The smallest absolute Gasteiger partial charge is 0.323 e. The van der Waals surface area contributed by atoms with Crippen molar-refractivity contribution in [3.05, 3.63) is 106 Å². The number of halogens is 1. The highest BCUT2D eigenvalue weighted by Gasteiger charge is 2.61. The molecule has 1 aliphatic rings. The molecular formula is C31H28ClNO5. The van der Waals surface area contributed by atoms with Crippen LogP contribution in [0.4, 0.5) is 0 Å². The molecule has 0 fully saturated rings. The number of rotatable bonds is 6. The summed E-state index contributed by atoms with van der Waals surface area (Å²) >= 11 is 6.71. The van der Waals surface area contributed by atoms with Gasteiger partial charge in [0.15, 0.2) is 11.2 Å². The lowest BCUT2D eigenvalue weighted by Gasteiger charge is -2.43. The van der Waals surface area contributed by atoms with E-state index in [-0.39, 0.29) is 18.6 Å². The number of benzene rings is 3. The maximum Gasteiger partial charge on any atom is 0.323 e. The molecule has 4 aromatic rings. The van der Waals surface area contributed by atoms with E-state index in [0.29, 0.717) is 10.6 Å².